The van der Waals surface area contributed by atoms with Crippen molar-refractivity contribution >= 4 is 6.03 Å². The SMILES string of the molecule is COc1ccc(CC(C)CNC(=O)N2CCCC(C)(OC)C2)cc1. The molecule has 5 nitrogen and oxygen atoms in total. The fourth-order valence-electron chi connectivity index (χ4n) is 3.16. The number of hydrogen-bond acceptors (Lipinski definition) is 3. The summed E-state index contributed by atoms with van der Waals surface area (Å²) < 4.78 is 10.7. The third-order valence-electron chi connectivity index (χ3n) is 4.78. The number of nitrogens with zero attached hydrogens (tertiary/aromatic N) is 1. The van der Waals surface area contributed by atoms with Crippen LogP contribution in [-0.2, 0) is 11.2 Å². The average Bonchev–Trinajstić information content (AvgIpc) is 2.60. The van der Waals surface area contributed by atoms with Gasteiger partial charge in [-0.05, 0) is 49.8 Å². The molecule has 2 amide bonds. The first-order valence-corrected chi connectivity index (χ1v) is 8.66. The van der Waals surface area contributed by atoms with Gasteiger partial charge in [-0.15, -0.1) is 0 Å². The molecule has 2 atom stereocenters. The Balaban J connectivity index is 1.78. The summed E-state index contributed by atoms with van der Waals surface area (Å²) in [5.74, 6) is 1.24. The second-order valence-electron chi connectivity index (χ2n) is 7.02. The van der Waals surface area contributed by atoms with Gasteiger partial charge >= 0.3 is 6.03 Å². The number of hydrogen-bond donors (Lipinski definition) is 1. The van der Waals surface area contributed by atoms with Crippen molar-refractivity contribution < 1.29 is 14.3 Å². The van der Waals surface area contributed by atoms with Crippen LogP contribution in [0.1, 0.15) is 32.3 Å². The maximum Gasteiger partial charge on any atom is 0.317 e. The number of carbonyl (C=O) groups is 1. The van der Waals surface area contributed by atoms with Gasteiger partial charge < -0.3 is 19.7 Å². The average molecular weight is 334 g/mol. The highest BCUT2D eigenvalue weighted by molar-refractivity contribution is 5.74. The van der Waals surface area contributed by atoms with E-state index >= 15 is 0 Å². The Morgan fingerprint density at radius 1 is 1.33 bits per heavy atom. The van der Waals surface area contributed by atoms with Crippen LogP contribution in [0.15, 0.2) is 24.3 Å². The summed E-state index contributed by atoms with van der Waals surface area (Å²) in [6.07, 6.45) is 2.92. The van der Waals surface area contributed by atoms with Crippen LogP contribution >= 0.6 is 0 Å². The minimum absolute atomic E-state index is 0.0135. The minimum Gasteiger partial charge on any atom is -0.497 e. The van der Waals surface area contributed by atoms with Gasteiger partial charge in [0.05, 0.1) is 19.3 Å². The summed E-state index contributed by atoms with van der Waals surface area (Å²) >= 11 is 0. The van der Waals surface area contributed by atoms with Gasteiger partial charge in [0, 0.05) is 20.2 Å². The van der Waals surface area contributed by atoms with Crippen LogP contribution in [-0.4, -0.2) is 50.4 Å². The first kappa shape index (κ1) is 18.6. The highest BCUT2D eigenvalue weighted by Gasteiger charge is 2.32. The molecule has 24 heavy (non-hydrogen) atoms. The predicted octanol–water partition coefficient (Wildman–Crippen LogP) is 3.08. The molecule has 1 aromatic rings. The zero-order valence-electron chi connectivity index (χ0n) is 15.3. The molecule has 2 rings (SSSR count). The first-order valence-electron chi connectivity index (χ1n) is 8.66. The van der Waals surface area contributed by atoms with E-state index in [-0.39, 0.29) is 11.6 Å². The number of carbonyl (C=O) groups excluding carboxylic acids is 1. The molecular formula is C19H30N2O3. The zero-order chi connectivity index (χ0) is 17.6. The van der Waals surface area contributed by atoms with E-state index < -0.39 is 0 Å². The molecule has 1 N–H and O–H groups in total. The maximum absolute atomic E-state index is 12.4. The number of likely N-dealkylation sites (tertiary alicyclic amines) is 1. The highest BCUT2D eigenvalue weighted by Crippen LogP contribution is 2.23. The van der Waals surface area contributed by atoms with Crippen molar-refractivity contribution in [2.24, 2.45) is 5.92 Å². The van der Waals surface area contributed by atoms with E-state index in [1.807, 2.05) is 17.0 Å². The van der Waals surface area contributed by atoms with Crippen molar-refractivity contribution in [2.75, 3.05) is 33.9 Å². The van der Waals surface area contributed by atoms with Crippen LogP contribution in [0.25, 0.3) is 0 Å². The van der Waals surface area contributed by atoms with Crippen LogP contribution in [0.3, 0.4) is 0 Å². The predicted molar refractivity (Wildman–Crippen MR) is 95.5 cm³/mol. The van der Waals surface area contributed by atoms with E-state index in [1.54, 1.807) is 14.2 Å². The normalized spacial score (nSPS) is 22.1. The number of methoxy groups -OCH3 is 2. The zero-order valence-corrected chi connectivity index (χ0v) is 15.3. The Bertz CT molecular complexity index is 532. The standard InChI is InChI=1S/C19H30N2O3/c1-15(12-16-6-8-17(23-3)9-7-16)13-20-18(22)21-11-5-10-19(2,14-21)24-4/h6-9,15H,5,10-14H2,1-4H3,(H,20,22). The molecule has 0 aromatic heterocycles. The van der Waals surface area contributed by atoms with Gasteiger partial charge in [0.15, 0.2) is 0 Å². The second-order valence-corrected chi connectivity index (χ2v) is 7.02. The number of ether oxygens (including phenoxy) is 2. The molecule has 134 valence electrons. The van der Waals surface area contributed by atoms with Crippen LogP contribution in [0.4, 0.5) is 4.79 Å². The lowest BCUT2D eigenvalue weighted by atomic mass is 9.95. The monoisotopic (exact) mass is 334 g/mol. The Morgan fingerprint density at radius 3 is 2.67 bits per heavy atom. The molecule has 5 heteroatoms. The molecule has 0 bridgehead atoms. The Morgan fingerprint density at radius 2 is 2.04 bits per heavy atom. The summed E-state index contributed by atoms with van der Waals surface area (Å²) in [7, 11) is 3.39. The van der Waals surface area contributed by atoms with Crippen LogP contribution in [0.2, 0.25) is 0 Å². The van der Waals surface area contributed by atoms with E-state index in [2.05, 4.69) is 31.3 Å². The van der Waals surface area contributed by atoms with Gasteiger partial charge in [-0.1, -0.05) is 19.1 Å². The quantitative estimate of drug-likeness (QED) is 0.870. The number of piperidine rings is 1. The fourth-order valence-corrected chi connectivity index (χ4v) is 3.16. The molecule has 1 aromatic carbocycles. The van der Waals surface area contributed by atoms with Crippen molar-refractivity contribution in [3.05, 3.63) is 29.8 Å². The van der Waals surface area contributed by atoms with E-state index in [0.717, 1.165) is 31.6 Å². The van der Waals surface area contributed by atoms with Gasteiger partial charge in [-0.25, -0.2) is 4.79 Å². The van der Waals surface area contributed by atoms with Gasteiger partial charge in [0.25, 0.3) is 0 Å². The van der Waals surface area contributed by atoms with Crippen LogP contribution in [0.5, 0.6) is 5.75 Å². The van der Waals surface area contributed by atoms with Crippen molar-refractivity contribution in [1.82, 2.24) is 10.2 Å². The molecule has 2 unspecified atom stereocenters. The number of amides is 2. The molecular weight excluding hydrogens is 304 g/mol. The molecule has 0 radical (unpaired) electrons. The molecule has 1 heterocycles. The first-order chi connectivity index (χ1) is 11.5. The van der Waals surface area contributed by atoms with Gasteiger partial charge in [0.2, 0.25) is 0 Å². The molecule has 1 aliphatic rings. The van der Waals surface area contributed by atoms with Crippen molar-refractivity contribution in [3.8, 4) is 5.75 Å². The highest BCUT2D eigenvalue weighted by atomic mass is 16.5. The number of urea groups is 1. The van der Waals surface area contributed by atoms with Crippen molar-refractivity contribution in [2.45, 2.75) is 38.7 Å². The van der Waals surface area contributed by atoms with Gasteiger partial charge in [-0.3, -0.25) is 0 Å². The Hall–Kier alpha value is -1.75. The molecule has 1 fully saturated rings. The fraction of sp³-hybridized carbons (Fsp3) is 0.632. The van der Waals surface area contributed by atoms with E-state index in [1.165, 1.54) is 5.56 Å². The summed E-state index contributed by atoms with van der Waals surface area (Å²) in [5.41, 5.74) is 1.03. The van der Waals surface area contributed by atoms with Crippen LogP contribution in [0, 0.1) is 5.92 Å². The lowest BCUT2D eigenvalue weighted by Gasteiger charge is -2.39. The molecule has 0 spiro atoms. The third-order valence-corrected chi connectivity index (χ3v) is 4.78. The summed E-state index contributed by atoms with van der Waals surface area (Å²) in [6, 6.07) is 8.11. The molecule has 0 aliphatic carbocycles. The number of nitrogens with one attached hydrogen (secondary N) is 1. The second kappa shape index (κ2) is 8.38. The number of rotatable bonds is 6. The third kappa shape index (κ3) is 5.13. The van der Waals surface area contributed by atoms with Gasteiger partial charge in [-0.2, -0.15) is 0 Å². The van der Waals surface area contributed by atoms with Crippen molar-refractivity contribution in [1.29, 1.82) is 0 Å². The molecule has 1 saturated heterocycles. The summed E-state index contributed by atoms with van der Waals surface area (Å²) in [6.45, 7) is 6.35. The minimum atomic E-state index is -0.218. The molecule has 1 aliphatic heterocycles. The maximum atomic E-state index is 12.4. The van der Waals surface area contributed by atoms with E-state index in [0.29, 0.717) is 19.0 Å². The Kier molecular flexibility index (Phi) is 6.49. The lowest BCUT2D eigenvalue weighted by Crippen LogP contribution is -2.53. The largest absolute Gasteiger partial charge is 0.497 e. The smallest absolute Gasteiger partial charge is 0.317 e. The topological polar surface area (TPSA) is 50.8 Å². The molecule has 0 saturated carbocycles. The van der Waals surface area contributed by atoms with E-state index in [4.69, 9.17) is 9.47 Å². The van der Waals surface area contributed by atoms with Crippen molar-refractivity contribution in [3.63, 3.8) is 0 Å². The van der Waals surface area contributed by atoms with E-state index in [9.17, 15) is 4.79 Å². The lowest BCUT2D eigenvalue weighted by molar-refractivity contribution is -0.0401. The summed E-state index contributed by atoms with van der Waals surface area (Å²) in [5, 5.41) is 3.06. The number of benzene rings is 1. The Labute approximate surface area is 145 Å². The summed E-state index contributed by atoms with van der Waals surface area (Å²) in [4.78, 5) is 14.3. The van der Waals surface area contributed by atoms with Crippen LogP contribution < -0.4 is 10.1 Å². The van der Waals surface area contributed by atoms with Gasteiger partial charge in [0.1, 0.15) is 5.75 Å².